The molecule has 1 aliphatic heterocycles. The largest absolute Gasteiger partial charge is 0.491 e. The van der Waals surface area contributed by atoms with Gasteiger partial charge in [-0.25, -0.2) is 0 Å². The minimum absolute atomic E-state index is 0.248. The normalized spacial score (nSPS) is 21.8. The Morgan fingerprint density at radius 2 is 1.88 bits per heavy atom. The van der Waals surface area contributed by atoms with E-state index >= 15 is 0 Å². The molecule has 0 bridgehead atoms. The van der Waals surface area contributed by atoms with Crippen molar-refractivity contribution in [3.63, 3.8) is 0 Å². The molecule has 94 valence electrons. The van der Waals surface area contributed by atoms with Crippen LogP contribution in [0.5, 0.6) is 5.75 Å². The summed E-state index contributed by atoms with van der Waals surface area (Å²) in [5, 5.41) is 3.44. The molecule has 0 aliphatic carbocycles. The van der Waals surface area contributed by atoms with Crippen molar-refractivity contribution in [2.45, 2.75) is 39.2 Å². The second-order valence-corrected chi connectivity index (χ2v) is 5.28. The van der Waals surface area contributed by atoms with Gasteiger partial charge in [0.1, 0.15) is 5.75 Å². The molecule has 2 heteroatoms. The SMILES string of the molecule is CC(C)Oc1ccc(C(C)C2CCNC2)cc1. The van der Waals surface area contributed by atoms with Crippen molar-refractivity contribution >= 4 is 0 Å². The predicted molar refractivity (Wildman–Crippen MR) is 71.6 cm³/mol. The van der Waals surface area contributed by atoms with Gasteiger partial charge >= 0.3 is 0 Å². The Labute approximate surface area is 104 Å². The molecule has 17 heavy (non-hydrogen) atoms. The third kappa shape index (κ3) is 3.22. The van der Waals surface area contributed by atoms with E-state index in [2.05, 4.69) is 50.4 Å². The van der Waals surface area contributed by atoms with Crippen molar-refractivity contribution in [1.82, 2.24) is 5.32 Å². The third-order valence-electron chi connectivity index (χ3n) is 3.58. The van der Waals surface area contributed by atoms with Crippen LogP contribution in [-0.4, -0.2) is 19.2 Å². The summed E-state index contributed by atoms with van der Waals surface area (Å²) >= 11 is 0. The molecule has 0 spiro atoms. The van der Waals surface area contributed by atoms with Crippen LogP contribution in [-0.2, 0) is 0 Å². The van der Waals surface area contributed by atoms with Crippen LogP contribution in [0, 0.1) is 5.92 Å². The van der Waals surface area contributed by atoms with Crippen LogP contribution in [0.2, 0.25) is 0 Å². The smallest absolute Gasteiger partial charge is 0.119 e. The zero-order valence-electron chi connectivity index (χ0n) is 11.1. The van der Waals surface area contributed by atoms with Crippen LogP contribution in [0.1, 0.15) is 38.7 Å². The first kappa shape index (κ1) is 12.4. The maximum Gasteiger partial charge on any atom is 0.119 e. The number of hydrogen-bond donors (Lipinski definition) is 1. The summed E-state index contributed by atoms with van der Waals surface area (Å²) in [5.41, 5.74) is 1.43. The number of rotatable bonds is 4. The third-order valence-corrected chi connectivity index (χ3v) is 3.58. The average Bonchev–Trinajstić information content (AvgIpc) is 2.82. The van der Waals surface area contributed by atoms with Gasteiger partial charge < -0.3 is 10.1 Å². The van der Waals surface area contributed by atoms with Crippen molar-refractivity contribution in [2.24, 2.45) is 5.92 Å². The van der Waals surface area contributed by atoms with Crippen LogP contribution in [0.15, 0.2) is 24.3 Å². The first-order valence-corrected chi connectivity index (χ1v) is 6.64. The summed E-state index contributed by atoms with van der Waals surface area (Å²) in [6.45, 7) is 8.77. The molecule has 1 fully saturated rings. The molecule has 1 heterocycles. The predicted octanol–water partition coefficient (Wildman–Crippen LogP) is 3.19. The Morgan fingerprint density at radius 3 is 2.41 bits per heavy atom. The maximum atomic E-state index is 5.66. The number of hydrogen-bond acceptors (Lipinski definition) is 2. The standard InChI is InChI=1S/C15H23NO/c1-11(2)17-15-6-4-13(5-7-15)12(3)14-8-9-16-10-14/h4-7,11-12,14,16H,8-10H2,1-3H3. The van der Waals surface area contributed by atoms with Crippen molar-refractivity contribution < 1.29 is 4.74 Å². The van der Waals surface area contributed by atoms with E-state index in [-0.39, 0.29) is 6.10 Å². The minimum Gasteiger partial charge on any atom is -0.491 e. The second kappa shape index (κ2) is 5.54. The molecular formula is C15H23NO. The fourth-order valence-electron chi connectivity index (χ4n) is 2.50. The van der Waals surface area contributed by atoms with Gasteiger partial charge in [-0.2, -0.15) is 0 Å². The summed E-state index contributed by atoms with van der Waals surface area (Å²) in [6, 6.07) is 8.60. The van der Waals surface area contributed by atoms with Gasteiger partial charge in [0.15, 0.2) is 0 Å². The number of ether oxygens (including phenoxy) is 1. The molecule has 0 amide bonds. The summed E-state index contributed by atoms with van der Waals surface area (Å²) in [4.78, 5) is 0. The molecular weight excluding hydrogens is 210 g/mol. The Bertz CT molecular complexity index is 338. The maximum absolute atomic E-state index is 5.66. The van der Waals surface area contributed by atoms with Crippen molar-refractivity contribution in [3.8, 4) is 5.75 Å². The van der Waals surface area contributed by atoms with E-state index in [9.17, 15) is 0 Å². The highest BCUT2D eigenvalue weighted by molar-refractivity contribution is 5.29. The van der Waals surface area contributed by atoms with Gasteiger partial charge in [-0.1, -0.05) is 19.1 Å². The van der Waals surface area contributed by atoms with Gasteiger partial charge in [-0.3, -0.25) is 0 Å². The summed E-state index contributed by atoms with van der Waals surface area (Å²) in [5.74, 6) is 2.39. The Hall–Kier alpha value is -1.02. The summed E-state index contributed by atoms with van der Waals surface area (Å²) in [6.07, 6.45) is 1.54. The fourth-order valence-corrected chi connectivity index (χ4v) is 2.50. The van der Waals surface area contributed by atoms with Gasteiger partial charge in [-0.15, -0.1) is 0 Å². The van der Waals surface area contributed by atoms with E-state index in [1.54, 1.807) is 0 Å². The molecule has 1 aromatic rings. The molecule has 2 unspecified atom stereocenters. The highest BCUT2D eigenvalue weighted by Gasteiger charge is 2.22. The fraction of sp³-hybridized carbons (Fsp3) is 0.600. The lowest BCUT2D eigenvalue weighted by molar-refractivity contribution is 0.242. The Morgan fingerprint density at radius 1 is 1.18 bits per heavy atom. The highest BCUT2D eigenvalue weighted by atomic mass is 16.5. The molecule has 1 aliphatic rings. The molecule has 0 radical (unpaired) electrons. The van der Waals surface area contributed by atoms with Crippen molar-refractivity contribution in [2.75, 3.05) is 13.1 Å². The molecule has 2 atom stereocenters. The van der Waals surface area contributed by atoms with Crippen LogP contribution >= 0.6 is 0 Å². The zero-order chi connectivity index (χ0) is 12.3. The van der Waals surface area contributed by atoms with Gasteiger partial charge in [0, 0.05) is 0 Å². The molecule has 1 saturated heterocycles. The molecule has 2 nitrogen and oxygen atoms in total. The lowest BCUT2D eigenvalue weighted by atomic mass is 9.87. The monoisotopic (exact) mass is 233 g/mol. The Balaban J connectivity index is 2.01. The van der Waals surface area contributed by atoms with E-state index in [1.807, 2.05) is 0 Å². The van der Waals surface area contributed by atoms with Crippen LogP contribution in [0.4, 0.5) is 0 Å². The van der Waals surface area contributed by atoms with E-state index in [0.29, 0.717) is 5.92 Å². The quantitative estimate of drug-likeness (QED) is 0.862. The zero-order valence-corrected chi connectivity index (χ0v) is 11.1. The molecule has 1 N–H and O–H groups in total. The van der Waals surface area contributed by atoms with Crippen molar-refractivity contribution in [1.29, 1.82) is 0 Å². The molecule has 0 aromatic heterocycles. The van der Waals surface area contributed by atoms with Crippen LogP contribution in [0.3, 0.4) is 0 Å². The van der Waals surface area contributed by atoms with Gasteiger partial charge in [0.2, 0.25) is 0 Å². The summed E-state index contributed by atoms with van der Waals surface area (Å²) < 4.78 is 5.66. The Kier molecular flexibility index (Phi) is 4.06. The number of benzene rings is 1. The van der Waals surface area contributed by atoms with Gasteiger partial charge in [0.25, 0.3) is 0 Å². The summed E-state index contributed by atoms with van der Waals surface area (Å²) in [7, 11) is 0. The number of nitrogens with one attached hydrogen (secondary N) is 1. The molecule has 2 rings (SSSR count). The first-order valence-electron chi connectivity index (χ1n) is 6.64. The van der Waals surface area contributed by atoms with E-state index in [1.165, 1.54) is 18.5 Å². The van der Waals surface area contributed by atoms with E-state index < -0.39 is 0 Å². The van der Waals surface area contributed by atoms with Crippen LogP contribution < -0.4 is 10.1 Å². The second-order valence-electron chi connectivity index (χ2n) is 5.28. The topological polar surface area (TPSA) is 21.3 Å². The first-order chi connectivity index (χ1) is 8.16. The molecule has 0 saturated carbocycles. The lowest BCUT2D eigenvalue weighted by Crippen LogP contribution is -2.14. The average molecular weight is 233 g/mol. The van der Waals surface area contributed by atoms with E-state index in [0.717, 1.165) is 18.2 Å². The minimum atomic E-state index is 0.248. The van der Waals surface area contributed by atoms with Gasteiger partial charge in [0.05, 0.1) is 6.10 Å². The van der Waals surface area contributed by atoms with E-state index in [4.69, 9.17) is 4.74 Å². The molecule has 1 aromatic carbocycles. The van der Waals surface area contributed by atoms with Crippen molar-refractivity contribution in [3.05, 3.63) is 29.8 Å². The lowest BCUT2D eigenvalue weighted by Gasteiger charge is -2.19. The highest BCUT2D eigenvalue weighted by Crippen LogP contribution is 2.29. The van der Waals surface area contributed by atoms with Gasteiger partial charge in [-0.05, 0) is 62.9 Å². The van der Waals surface area contributed by atoms with Crippen LogP contribution in [0.25, 0.3) is 0 Å².